The van der Waals surface area contributed by atoms with Crippen molar-refractivity contribution < 1.29 is 9.90 Å². The van der Waals surface area contributed by atoms with Gasteiger partial charge in [-0.05, 0) is 23.6 Å². The van der Waals surface area contributed by atoms with Crippen molar-refractivity contribution in [2.75, 3.05) is 11.1 Å². The maximum absolute atomic E-state index is 10.4. The number of nitrogen functional groups attached to an aromatic ring is 1. The highest BCUT2D eigenvalue weighted by Crippen LogP contribution is 2.24. The van der Waals surface area contributed by atoms with Crippen LogP contribution in [0.4, 0.5) is 16.2 Å². The molecule has 0 aliphatic carbocycles. The van der Waals surface area contributed by atoms with Gasteiger partial charge in [-0.25, -0.2) is 4.79 Å². The standard InChI is InChI=1S/C10H14N2O2/c1-6(2)7-3-4-9(8(11)5-7)12-10(13)14/h3-6,12H,11H2,1-2H3,(H,13,14). The zero-order valence-corrected chi connectivity index (χ0v) is 8.24. The first-order valence-corrected chi connectivity index (χ1v) is 4.40. The Labute approximate surface area is 82.7 Å². The van der Waals surface area contributed by atoms with Gasteiger partial charge in [0.15, 0.2) is 0 Å². The van der Waals surface area contributed by atoms with Crippen LogP contribution in [0.25, 0.3) is 0 Å². The lowest BCUT2D eigenvalue weighted by Gasteiger charge is -2.09. The summed E-state index contributed by atoms with van der Waals surface area (Å²) in [5.41, 5.74) is 7.67. The van der Waals surface area contributed by atoms with Crippen LogP contribution in [-0.2, 0) is 0 Å². The molecule has 0 radical (unpaired) electrons. The molecule has 4 N–H and O–H groups in total. The van der Waals surface area contributed by atoms with Crippen LogP contribution in [0.1, 0.15) is 25.3 Å². The summed E-state index contributed by atoms with van der Waals surface area (Å²) >= 11 is 0. The van der Waals surface area contributed by atoms with Crippen molar-refractivity contribution in [3.05, 3.63) is 23.8 Å². The van der Waals surface area contributed by atoms with E-state index in [1.165, 1.54) is 0 Å². The van der Waals surface area contributed by atoms with Gasteiger partial charge in [-0.2, -0.15) is 0 Å². The Morgan fingerprint density at radius 3 is 2.57 bits per heavy atom. The van der Waals surface area contributed by atoms with Crippen LogP contribution in [-0.4, -0.2) is 11.2 Å². The van der Waals surface area contributed by atoms with Gasteiger partial charge in [0.25, 0.3) is 0 Å². The average molecular weight is 194 g/mol. The number of nitrogens with two attached hydrogens (primary N) is 1. The Morgan fingerprint density at radius 1 is 1.50 bits per heavy atom. The first kappa shape index (κ1) is 10.4. The van der Waals surface area contributed by atoms with Crippen LogP contribution < -0.4 is 11.1 Å². The van der Waals surface area contributed by atoms with Gasteiger partial charge in [-0.3, -0.25) is 5.32 Å². The number of amides is 1. The number of hydrogen-bond donors (Lipinski definition) is 3. The van der Waals surface area contributed by atoms with Crippen molar-refractivity contribution in [1.29, 1.82) is 0 Å². The minimum absolute atomic E-state index is 0.385. The fourth-order valence-corrected chi connectivity index (χ4v) is 1.17. The van der Waals surface area contributed by atoms with E-state index >= 15 is 0 Å². The van der Waals surface area contributed by atoms with Crippen molar-refractivity contribution in [1.82, 2.24) is 0 Å². The number of rotatable bonds is 2. The maximum Gasteiger partial charge on any atom is 0.409 e. The molecule has 0 saturated heterocycles. The van der Waals surface area contributed by atoms with Crippen molar-refractivity contribution >= 4 is 17.5 Å². The molecule has 1 aromatic carbocycles. The summed E-state index contributed by atoms with van der Waals surface area (Å²) in [6.45, 7) is 4.11. The molecule has 0 aliphatic rings. The normalized spacial score (nSPS) is 10.2. The van der Waals surface area contributed by atoms with Crippen LogP contribution in [0.5, 0.6) is 0 Å². The average Bonchev–Trinajstić information content (AvgIpc) is 2.07. The minimum Gasteiger partial charge on any atom is -0.465 e. The molecule has 0 saturated carbocycles. The highest BCUT2D eigenvalue weighted by Gasteiger charge is 2.05. The van der Waals surface area contributed by atoms with Crippen LogP contribution in [0.3, 0.4) is 0 Å². The second-order valence-corrected chi connectivity index (χ2v) is 3.43. The molecule has 0 atom stereocenters. The third-order valence-electron chi connectivity index (χ3n) is 1.98. The van der Waals surface area contributed by atoms with Gasteiger partial charge in [0.2, 0.25) is 0 Å². The number of carbonyl (C=O) groups is 1. The van der Waals surface area contributed by atoms with Crippen molar-refractivity contribution in [2.45, 2.75) is 19.8 Å². The molecule has 1 aromatic rings. The largest absolute Gasteiger partial charge is 0.465 e. The van der Waals surface area contributed by atoms with Crippen LogP contribution >= 0.6 is 0 Å². The van der Waals surface area contributed by atoms with Gasteiger partial charge in [-0.15, -0.1) is 0 Å². The van der Waals surface area contributed by atoms with E-state index in [0.29, 0.717) is 17.3 Å². The SMILES string of the molecule is CC(C)c1ccc(NC(=O)O)c(N)c1. The van der Waals surface area contributed by atoms with Crippen molar-refractivity contribution in [2.24, 2.45) is 0 Å². The second kappa shape index (κ2) is 4.00. The first-order valence-electron chi connectivity index (χ1n) is 4.40. The molecule has 0 heterocycles. The van der Waals surface area contributed by atoms with Crippen molar-refractivity contribution in [3.63, 3.8) is 0 Å². The zero-order chi connectivity index (χ0) is 10.7. The van der Waals surface area contributed by atoms with E-state index in [2.05, 4.69) is 19.2 Å². The fourth-order valence-electron chi connectivity index (χ4n) is 1.17. The second-order valence-electron chi connectivity index (χ2n) is 3.43. The Hall–Kier alpha value is -1.71. The summed E-state index contributed by atoms with van der Waals surface area (Å²) in [7, 11) is 0. The molecule has 0 unspecified atom stereocenters. The minimum atomic E-state index is -1.10. The van der Waals surface area contributed by atoms with Gasteiger partial charge in [0.05, 0.1) is 11.4 Å². The molecule has 1 rings (SSSR count). The molecule has 0 spiro atoms. The zero-order valence-electron chi connectivity index (χ0n) is 8.24. The molecule has 4 heteroatoms. The molecule has 14 heavy (non-hydrogen) atoms. The third kappa shape index (κ3) is 2.39. The molecule has 1 amide bonds. The maximum atomic E-state index is 10.4. The third-order valence-corrected chi connectivity index (χ3v) is 1.98. The Balaban J connectivity index is 2.95. The van der Waals surface area contributed by atoms with Crippen LogP contribution in [0.2, 0.25) is 0 Å². The number of benzene rings is 1. The Bertz CT molecular complexity index is 348. The predicted molar refractivity (Wildman–Crippen MR) is 56.6 cm³/mol. The molecule has 76 valence electrons. The number of carboxylic acid groups (broad SMARTS) is 1. The van der Waals surface area contributed by atoms with E-state index in [9.17, 15) is 4.79 Å². The van der Waals surface area contributed by atoms with E-state index in [1.807, 2.05) is 6.07 Å². The Kier molecular flexibility index (Phi) is 2.96. The van der Waals surface area contributed by atoms with Gasteiger partial charge in [0.1, 0.15) is 0 Å². The molecular weight excluding hydrogens is 180 g/mol. The molecule has 0 fully saturated rings. The highest BCUT2D eigenvalue weighted by molar-refractivity contribution is 5.87. The summed E-state index contributed by atoms with van der Waals surface area (Å²) in [5, 5.41) is 10.7. The van der Waals surface area contributed by atoms with Crippen LogP contribution in [0.15, 0.2) is 18.2 Å². The molecule has 0 bridgehead atoms. The first-order chi connectivity index (χ1) is 6.50. The summed E-state index contributed by atoms with van der Waals surface area (Å²) in [5.74, 6) is 0.385. The van der Waals surface area contributed by atoms with E-state index in [1.54, 1.807) is 12.1 Å². The molecular formula is C10H14N2O2. The lowest BCUT2D eigenvalue weighted by molar-refractivity contribution is 0.210. The molecule has 4 nitrogen and oxygen atoms in total. The summed E-state index contributed by atoms with van der Waals surface area (Å²) in [6, 6.07) is 5.33. The Morgan fingerprint density at radius 2 is 2.14 bits per heavy atom. The monoisotopic (exact) mass is 194 g/mol. The molecule has 0 aromatic heterocycles. The predicted octanol–water partition coefficient (Wildman–Crippen LogP) is 2.48. The van der Waals surface area contributed by atoms with Gasteiger partial charge in [-0.1, -0.05) is 19.9 Å². The van der Waals surface area contributed by atoms with E-state index in [0.717, 1.165) is 5.56 Å². The van der Waals surface area contributed by atoms with Crippen molar-refractivity contribution in [3.8, 4) is 0 Å². The number of nitrogens with one attached hydrogen (secondary N) is 1. The lowest BCUT2D eigenvalue weighted by atomic mass is 10.0. The van der Waals surface area contributed by atoms with Crippen LogP contribution in [0, 0.1) is 0 Å². The fraction of sp³-hybridized carbons (Fsp3) is 0.300. The topological polar surface area (TPSA) is 75.3 Å². The number of hydrogen-bond acceptors (Lipinski definition) is 2. The quantitative estimate of drug-likeness (QED) is 0.633. The summed E-state index contributed by atoms with van der Waals surface area (Å²) < 4.78 is 0. The summed E-state index contributed by atoms with van der Waals surface area (Å²) in [4.78, 5) is 10.4. The van der Waals surface area contributed by atoms with E-state index in [-0.39, 0.29) is 0 Å². The lowest BCUT2D eigenvalue weighted by Crippen LogP contribution is -2.09. The summed E-state index contributed by atoms with van der Waals surface area (Å²) in [6.07, 6.45) is -1.10. The smallest absolute Gasteiger partial charge is 0.409 e. The molecule has 0 aliphatic heterocycles. The van der Waals surface area contributed by atoms with E-state index < -0.39 is 6.09 Å². The van der Waals surface area contributed by atoms with Gasteiger partial charge < -0.3 is 10.8 Å². The van der Waals surface area contributed by atoms with Gasteiger partial charge in [0, 0.05) is 0 Å². The number of anilines is 2. The highest BCUT2D eigenvalue weighted by atomic mass is 16.4. The van der Waals surface area contributed by atoms with Gasteiger partial charge >= 0.3 is 6.09 Å². The van der Waals surface area contributed by atoms with E-state index in [4.69, 9.17) is 10.8 Å².